The molecule has 0 saturated heterocycles. The molecule has 1 amide bonds. The maximum atomic E-state index is 13.9. The molecule has 274 valence electrons. The normalized spacial score (nSPS) is 14.7. The molecule has 0 spiro atoms. The summed E-state index contributed by atoms with van der Waals surface area (Å²) < 4.78 is 44.6. The predicted molar refractivity (Wildman–Crippen MR) is 200 cm³/mol. The van der Waals surface area contributed by atoms with Crippen molar-refractivity contribution in [1.82, 2.24) is 9.80 Å². The fourth-order valence-corrected chi connectivity index (χ4v) is 8.44. The van der Waals surface area contributed by atoms with Crippen molar-refractivity contribution < 1.29 is 32.0 Å². The summed E-state index contributed by atoms with van der Waals surface area (Å²) in [5, 5.41) is 0.0960. The van der Waals surface area contributed by atoms with Gasteiger partial charge in [0.15, 0.2) is 16.6 Å². The molecular weight excluding hydrogens is 648 g/mol. The van der Waals surface area contributed by atoms with Crippen molar-refractivity contribution in [2.24, 2.45) is 0 Å². The Morgan fingerprint density at radius 1 is 0.766 bits per heavy atom. The molecular formula is C35H69N2O7PSi2. The summed E-state index contributed by atoms with van der Waals surface area (Å²) in [6.07, 6.45) is 1.20. The van der Waals surface area contributed by atoms with Gasteiger partial charge < -0.3 is 27.5 Å². The van der Waals surface area contributed by atoms with Crippen LogP contribution in [0.25, 0.3) is 0 Å². The average molecular weight is 717 g/mol. The predicted octanol–water partition coefficient (Wildman–Crippen LogP) is 9.75. The van der Waals surface area contributed by atoms with Crippen molar-refractivity contribution in [3.8, 4) is 0 Å². The van der Waals surface area contributed by atoms with E-state index in [0.717, 1.165) is 12.0 Å². The minimum Gasteiger partial charge on any atom is -0.445 e. The van der Waals surface area contributed by atoms with Crippen molar-refractivity contribution in [1.29, 1.82) is 0 Å². The zero-order valence-corrected chi connectivity index (χ0v) is 35.2. The highest BCUT2D eigenvalue weighted by molar-refractivity contribution is 7.53. The summed E-state index contributed by atoms with van der Waals surface area (Å²) >= 11 is 0. The molecule has 0 bridgehead atoms. The van der Waals surface area contributed by atoms with Crippen LogP contribution in [0.5, 0.6) is 0 Å². The molecule has 0 heterocycles. The lowest BCUT2D eigenvalue weighted by molar-refractivity contribution is 0.0531. The van der Waals surface area contributed by atoms with E-state index < -0.39 is 24.2 Å². The van der Waals surface area contributed by atoms with Crippen molar-refractivity contribution in [2.45, 2.75) is 137 Å². The first-order valence-corrected chi connectivity index (χ1v) is 25.1. The third kappa shape index (κ3) is 14.4. The zero-order valence-electron chi connectivity index (χ0n) is 32.3. The van der Waals surface area contributed by atoms with E-state index in [4.69, 9.17) is 22.6 Å². The van der Waals surface area contributed by atoms with Crippen LogP contribution >= 0.6 is 7.60 Å². The Morgan fingerprint density at radius 3 is 1.66 bits per heavy atom. The Hall–Kier alpha value is -1.05. The summed E-state index contributed by atoms with van der Waals surface area (Å²) in [4.78, 5) is 17.8. The van der Waals surface area contributed by atoms with E-state index in [2.05, 4.69) is 86.5 Å². The van der Waals surface area contributed by atoms with Gasteiger partial charge in [0.2, 0.25) is 0 Å². The highest BCUT2D eigenvalue weighted by Gasteiger charge is 2.40. The third-order valence-corrected chi connectivity index (χ3v) is 20.9. The Kier molecular flexibility index (Phi) is 18.1. The van der Waals surface area contributed by atoms with Gasteiger partial charge >= 0.3 is 13.7 Å². The fourth-order valence-electron chi connectivity index (χ4n) is 4.52. The first kappa shape index (κ1) is 44.0. The molecule has 1 rings (SSSR count). The van der Waals surface area contributed by atoms with Gasteiger partial charge in [-0.15, -0.1) is 0 Å². The van der Waals surface area contributed by atoms with E-state index in [1.807, 2.05) is 44.2 Å². The van der Waals surface area contributed by atoms with E-state index >= 15 is 0 Å². The number of rotatable bonds is 21. The number of hydrogen-bond acceptors (Lipinski definition) is 8. The molecule has 0 aliphatic rings. The average Bonchev–Trinajstić information content (AvgIpc) is 2.97. The number of carbonyl (C=O) groups is 1. The smallest absolute Gasteiger partial charge is 0.410 e. The third-order valence-electron chi connectivity index (χ3n) is 9.86. The number of benzene rings is 1. The van der Waals surface area contributed by atoms with Crippen LogP contribution in [-0.2, 0) is 33.8 Å². The van der Waals surface area contributed by atoms with E-state index in [1.165, 1.54) is 0 Å². The highest BCUT2D eigenvalue weighted by atomic mass is 31.2. The molecule has 0 radical (unpaired) electrons. The minimum atomic E-state index is -3.43. The van der Waals surface area contributed by atoms with Crippen LogP contribution in [0.15, 0.2) is 30.3 Å². The molecule has 0 saturated carbocycles. The van der Waals surface area contributed by atoms with Crippen molar-refractivity contribution in [2.75, 3.05) is 45.8 Å². The summed E-state index contributed by atoms with van der Waals surface area (Å²) in [7, 11) is -7.55. The van der Waals surface area contributed by atoms with Gasteiger partial charge in [-0.25, -0.2) is 4.79 Å². The van der Waals surface area contributed by atoms with Gasteiger partial charge in [0, 0.05) is 25.7 Å². The maximum Gasteiger partial charge on any atom is 0.410 e. The van der Waals surface area contributed by atoms with Gasteiger partial charge in [-0.3, -0.25) is 9.46 Å². The molecule has 12 heteroatoms. The van der Waals surface area contributed by atoms with E-state index in [9.17, 15) is 9.36 Å². The van der Waals surface area contributed by atoms with Crippen LogP contribution in [0, 0.1) is 0 Å². The first-order chi connectivity index (χ1) is 21.7. The van der Waals surface area contributed by atoms with Crippen LogP contribution in [0.3, 0.4) is 0 Å². The van der Waals surface area contributed by atoms with E-state index in [-0.39, 0.29) is 54.4 Å². The Labute approximate surface area is 290 Å². The number of nitrogens with zero attached hydrogens (tertiary/aromatic N) is 2. The van der Waals surface area contributed by atoms with Gasteiger partial charge in [-0.1, -0.05) is 85.7 Å². The number of hydrogen-bond donors (Lipinski definition) is 0. The summed E-state index contributed by atoms with van der Waals surface area (Å²) in [5.74, 6) is 0. The molecule has 1 aromatic rings. The molecule has 0 aromatic heterocycles. The SMILES string of the molecule is CCOP(=O)(CN(CCN(C(=O)OCc1ccccc1)[C@@H](CC)CO[Si](C)(C)C(C)(C)C)[C@@H](CC)CO[Si](C)(C)C(C)(C)C)OCC. The second-order valence-electron chi connectivity index (χ2n) is 15.4. The van der Waals surface area contributed by atoms with Crippen molar-refractivity contribution in [3.63, 3.8) is 0 Å². The second-order valence-corrected chi connectivity index (χ2v) is 27.0. The van der Waals surface area contributed by atoms with Crippen molar-refractivity contribution >= 4 is 30.3 Å². The summed E-state index contributed by atoms with van der Waals surface area (Å²) in [6, 6.07) is 9.47. The molecule has 0 fully saturated rings. The molecule has 0 aliphatic heterocycles. The van der Waals surface area contributed by atoms with Gasteiger partial charge in [-0.2, -0.15) is 0 Å². The van der Waals surface area contributed by atoms with E-state index in [0.29, 0.717) is 32.7 Å². The summed E-state index contributed by atoms with van der Waals surface area (Å²) in [5.41, 5.74) is 0.927. The van der Waals surface area contributed by atoms with Gasteiger partial charge in [0.25, 0.3) is 0 Å². The van der Waals surface area contributed by atoms with Crippen LogP contribution in [0.2, 0.25) is 36.3 Å². The number of carbonyl (C=O) groups excluding carboxylic acids is 1. The maximum absolute atomic E-state index is 13.9. The minimum absolute atomic E-state index is 0.0406. The number of ether oxygens (including phenoxy) is 1. The topological polar surface area (TPSA) is 86.8 Å². The van der Waals surface area contributed by atoms with Gasteiger partial charge in [0.05, 0.1) is 25.9 Å². The molecule has 0 unspecified atom stereocenters. The lowest BCUT2D eigenvalue weighted by atomic mass is 10.2. The Morgan fingerprint density at radius 2 is 1.23 bits per heavy atom. The van der Waals surface area contributed by atoms with Crippen LogP contribution in [-0.4, -0.2) is 90.4 Å². The van der Waals surface area contributed by atoms with Crippen LogP contribution < -0.4 is 0 Å². The largest absolute Gasteiger partial charge is 0.445 e. The lowest BCUT2D eigenvalue weighted by Gasteiger charge is -2.41. The standard InChI is InChI=1S/C35H69N2O7PSi2/c1-15-31(27-43-46(11,12)34(5,6)7)36(29-45(39,41-17-3)42-18-4)24-25-37(33(38)40-26-30-22-20-19-21-23-30)32(16-2)28-44-47(13,14)35(8,9)10/h19-23,31-32H,15-18,24-29H2,1-14H3/t31-,32-/m0/s1. The molecule has 0 aliphatic carbocycles. The zero-order chi connectivity index (χ0) is 36.1. The highest BCUT2D eigenvalue weighted by Crippen LogP contribution is 2.49. The van der Waals surface area contributed by atoms with Crippen LogP contribution in [0.4, 0.5) is 4.79 Å². The fraction of sp³-hybridized carbons (Fsp3) is 0.800. The monoisotopic (exact) mass is 716 g/mol. The quantitative estimate of drug-likeness (QED) is 0.0918. The van der Waals surface area contributed by atoms with Crippen LogP contribution in [0.1, 0.15) is 87.6 Å². The van der Waals surface area contributed by atoms with Gasteiger partial charge in [0.1, 0.15) is 12.9 Å². The van der Waals surface area contributed by atoms with Gasteiger partial charge in [-0.05, 0) is 68.5 Å². The van der Waals surface area contributed by atoms with E-state index in [1.54, 1.807) is 4.90 Å². The Balaban J connectivity index is 3.43. The second kappa shape index (κ2) is 19.4. The summed E-state index contributed by atoms with van der Waals surface area (Å²) in [6.45, 7) is 32.6. The Bertz CT molecular complexity index is 1080. The molecule has 2 atom stereocenters. The first-order valence-electron chi connectivity index (χ1n) is 17.5. The van der Waals surface area contributed by atoms with Crippen molar-refractivity contribution in [3.05, 3.63) is 35.9 Å². The molecule has 1 aromatic carbocycles. The lowest BCUT2D eigenvalue weighted by Crippen LogP contribution is -2.52. The molecule has 47 heavy (non-hydrogen) atoms. The number of amides is 1. The molecule has 0 N–H and O–H groups in total. The molecule has 9 nitrogen and oxygen atoms in total.